The number of rotatable bonds is 3. The zero-order valence-electron chi connectivity index (χ0n) is 10.6. The molecule has 18 heavy (non-hydrogen) atoms. The van der Waals surface area contributed by atoms with E-state index in [-0.39, 0.29) is 18.6 Å². The molecule has 98 valence electrons. The van der Waals surface area contributed by atoms with Crippen LogP contribution in [0.3, 0.4) is 0 Å². The monoisotopic (exact) mass is 251 g/mol. The largest absolute Gasteiger partial charge is 0.458 e. The number of esters is 1. The van der Waals surface area contributed by atoms with Gasteiger partial charge in [0.2, 0.25) is 0 Å². The van der Waals surface area contributed by atoms with Crippen LogP contribution in [-0.4, -0.2) is 15.6 Å². The average Bonchev–Trinajstić information content (AvgIpc) is 2.37. The SMILES string of the molecule is CCCn1ccc2c(c1=O)COC(=O)[C@]2(O)CC. The van der Waals surface area contributed by atoms with E-state index in [0.717, 1.165) is 6.42 Å². The van der Waals surface area contributed by atoms with Crippen LogP contribution in [0.1, 0.15) is 37.8 Å². The summed E-state index contributed by atoms with van der Waals surface area (Å²) in [6.45, 7) is 4.23. The number of nitrogens with zero attached hydrogens (tertiary/aromatic N) is 1. The van der Waals surface area contributed by atoms with Crippen LogP contribution in [0.15, 0.2) is 17.1 Å². The third kappa shape index (κ3) is 1.75. The minimum Gasteiger partial charge on any atom is -0.458 e. The standard InChI is InChI=1S/C13H17NO4/c1-3-6-14-7-5-10-9(11(14)15)8-18-12(16)13(10,17)4-2/h5,7,17H,3-4,6,8H2,1-2H3/t13-/m0/s1. The molecule has 1 aromatic rings. The summed E-state index contributed by atoms with van der Waals surface area (Å²) in [5.41, 5.74) is -1.10. The summed E-state index contributed by atoms with van der Waals surface area (Å²) in [6, 6.07) is 1.65. The molecule has 0 saturated heterocycles. The topological polar surface area (TPSA) is 68.5 Å². The molecule has 0 fully saturated rings. The van der Waals surface area contributed by atoms with Crippen molar-refractivity contribution in [3.8, 4) is 0 Å². The van der Waals surface area contributed by atoms with Crippen molar-refractivity contribution < 1.29 is 14.6 Å². The summed E-state index contributed by atoms with van der Waals surface area (Å²) >= 11 is 0. The number of aryl methyl sites for hydroxylation is 1. The van der Waals surface area contributed by atoms with E-state index >= 15 is 0 Å². The number of hydrogen-bond acceptors (Lipinski definition) is 4. The van der Waals surface area contributed by atoms with Gasteiger partial charge >= 0.3 is 5.97 Å². The van der Waals surface area contributed by atoms with Crippen molar-refractivity contribution >= 4 is 5.97 Å². The second kappa shape index (κ2) is 4.57. The molecule has 2 rings (SSSR count). The summed E-state index contributed by atoms with van der Waals surface area (Å²) < 4.78 is 6.50. The number of fused-ring (bicyclic) bond motifs is 1. The van der Waals surface area contributed by atoms with Crippen LogP contribution in [0.2, 0.25) is 0 Å². The van der Waals surface area contributed by atoms with Crippen molar-refractivity contribution in [3.63, 3.8) is 0 Å². The molecule has 5 heteroatoms. The van der Waals surface area contributed by atoms with Gasteiger partial charge in [0, 0.05) is 18.3 Å². The van der Waals surface area contributed by atoms with Gasteiger partial charge in [0.25, 0.3) is 5.56 Å². The summed E-state index contributed by atoms with van der Waals surface area (Å²) in [5.74, 6) is -0.676. The molecular weight excluding hydrogens is 234 g/mol. The van der Waals surface area contributed by atoms with Gasteiger partial charge in [0.05, 0.1) is 5.56 Å². The van der Waals surface area contributed by atoms with Crippen molar-refractivity contribution in [1.82, 2.24) is 4.57 Å². The summed E-state index contributed by atoms with van der Waals surface area (Å²) in [4.78, 5) is 23.8. The highest BCUT2D eigenvalue weighted by Crippen LogP contribution is 2.32. The van der Waals surface area contributed by atoms with Gasteiger partial charge in [-0.15, -0.1) is 0 Å². The molecule has 0 aromatic carbocycles. The van der Waals surface area contributed by atoms with E-state index in [0.29, 0.717) is 17.7 Å². The lowest BCUT2D eigenvalue weighted by molar-refractivity contribution is -0.172. The van der Waals surface area contributed by atoms with Crippen molar-refractivity contribution in [2.24, 2.45) is 0 Å². The molecule has 0 unspecified atom stereocenters. The number of cyclic esters (lactones) is 1. The van der Waals surface area contributed by atoms with E-state index in [2.05, 4.69) is 0 Å². The fraction of sp³-hybridized carbons (Fsp3) is 0.538. The molecule has 0 radical (unpaired) electrons. The van der Waals surface area contributed by atoms with Gasteiger partial charge in [0.15, 0.2) is 5.60 Å². The van der Waals surface area contributed by atoms with Gasteiger partial charge in [-0.1, -0.05) is 13.8 Å². The Balaban J connectivity index is 2.60. The quantitative estimate of drug-likeness (QED) is 0.811. The second-order valence-corrected chi connectivity index (χ2v) is 4.50. The van der Waals surface area contributed by atoms with Crippen LogP contribution in [0, 0.1) is 0 Å². The Bertz CT molecular complexity index is 534. The maximum absolute atomic E-state index is 12.2. The van der Waals surface area contributed by atoms with E-state index < -0.39 is 11.6 Å². The van der Waals surface area contributed by atoms with Gasteiger partial charge in [-0.25, -0.2) is 4.79 Å². The smallest absolute Gasteiger partial charge is 0.343 e. The molecule has 1 atom stereocenters. The number of carbonyl (C=O) groups is 1. The van der Waals surface area contributed by atoms with Crippen LogP contribution < -0.4 is 5.56 Å². The minimum absolute atomic E-state index is 0.0557. The van der Waals surface area contributed by atoms with Crippen LogP contribution >= 0.6 is 0 Å². The fourth-order valence-corrected chi connectivity index (χ4v) is 2.27. The van der Waals surface area contributed by atoms with E-state index in [9.17, 15) is 14.7 Å². The Morgan fingerprint density at radius 1 is 1.44 bits per heavy atom. The van der Waals surface area contributed by atoms with Crippen LogP contribution in [0.25, 0.3) is 0 Å². The predicted octanol–water partition coefficient (Wildman–Crippen LogP) is 0.913. The lowest BCUT2D eigenvalue weighted by Crippen LogP contribution is -2.44. The number of aliphatic hydroxyl groups is 1. The van der Waals surface area contributed by atoms with E-state index in [1.165, 1.54) is 0 Å². The summed E-state index contributed by atoms with van der Waals surface area (Å²) in [7, 11) is 0. The summed E-state index contributed by atoms with van der Waals surface area (Å²) in [6.07, 6.45) is 2.66. The Morgan fingerprint density at radius 3 is 2.78 bits per heavy atom. The Labute approximate surface area is 105 Å². The molecule has 1 N–H and O–H groups in total. The van der Waals surface area contributed by atoms with Crippen molar-refractivity contribution in [3.05, 3.63) is 33.7 Å². The van der Waals surface area contributed by atoms with Gasteiger partial charge < -0.3 is 14.4 Å². The fourth-order valence-electron chi connectivity index (χ4n) is 2.27. The number of hydrogen-bond donors (Lipinski definition) is 1. The third-order valence-electron chi connectivity index (χ3n) is 3.37. The maximum atomic E-state index is 12.2. The molecule has 0 amide bonds. The first-order valence-corrected chi connectivity index (χ1v) is 6.17. The number of aromatic nitrogens is 1. The highest BCUT2D eigenvalue weighted by Gasteiger charge is 2.43. The van der Waals surface area contributed by atoms with E-state index in [4.69, 9.17) is 4.74 Å². The number of pyridine rings is 1. The van der Waals surface area contributed by atoms with Gasteiger partial charge in [0.1, 0.15) is 6.61 Å². The van der Waals surface area contributed by atoms with Gasteiger partial charge in [-0.05, 0) is 18.9 Å². The molecule has 5 nitrogen and oxygen atoms in total. The molecule has 1 aliphatic rings. The normalized spacial score (nSPS) is 22.5. The zero-order chi connectivity index (χ0) is 13.3. The molecular formula is C13H17NO4. The molecule has 2 heterocycles. The second-order valence-electron chi connectivity index (χ2n) is 4.50. The maximum Gasteiger partial charge on any atom is 0.343 e. The van der Waals surface area contributed by atoms with Crippen molar-refractivity contribution in [2.75, 3.05) is 0 Å². The third-order valence-corrected chi connectivity index (χ3v) is 3.37. The van der Waals surface area contributed by atoms with Crippen molar-refractivity contribution in [2.45, 2.75) is 45.4 Å². The van der Waals surface area contributed by atoms with E-state index in [1.807, 2.05) is 6.92 Å². The first-order chi connectivity index (χ1) is 8.54. The highest BCUT2D eigenvalue weighted by molar-refractivity contribution is 5.82. The molecule has 0 bridgehead atoms. The Morgan fingerprint density at radius 2 is 2.17 bits per heavy atom. The number of carbonyl (C=O) groups excluding carboxylic acids is 1. The Kier molecular flexibility index (Phi) is 3.26. The van der Waals surface area contributed by atoms with Gasteiger partial charge in [-0.2, -0.15) is 0 Å². The zero-order valence-corrected chi connectivity index (χ0v) is 10.6. The molecule has 1 aromatic heterocycles. The summed E-state index contributed by atoms with van der Waals surface area (Å²) in [5, 5.41) is 10.3. The average molecular weight is 251 g/mol. The lowest BCUT2D eigenvalue weighted by atomic mass is 9.87. The van der Waals surface area contributed by atoms with E-state index in [1.54, 1.807) is 23.8 Å². The molecule has 1 aliphatic heterocycles. The molecule has 0 spiro atoms. The van der Waals surface area contributed by atoms with Crippen LogP contribution in [0.5, 0.6) is 0 Å². The number of ether oxygens (including phenoxy) is 1. The van der Waals surface area contributed by atoms with Crippen LogP contribution in [-0.2, 0) is 28.3 Å². The van der Waals surface area contributed by atoms with Crippen LogP contribution in [0.4, 0.5) is 0 Å². The molecule has 0 aliphatic carbocycles. The first-order valence-electron chi connectivity index (χ1n) is 6.17. The van der Waals surface area contributed by atoms with Crippen molar-refractivity contribution in [1.29, 1.82) is 0 Å². The van der Waals surface area contributed by atoms with Gasteiger partial charge in [-0.3, -0.25) is 4.79 Å². The first kappa shape index (κ1) is 12.8. The predicted molar refractivity (Wildman–Crippen MR) is 65.0 cm³/mol. The lowest BCUT2D eigenvalue weighted by Gasteiger charge is -2.31. The minimum atomic E-state index is -1.68. The molecule has 0 saturated carbocycles. The highest BCUT2D eigenvalue weighted by atomic mass is 16.6. The Hall–Kier alpha value is -1.62.